The zero-order chi connectivity index (χ0) is 22.9. The third-order valence-corrected chi connectivity index (χ3v) is 7.39. The van der Waals surface area contributed by atoms with Crippen molar-refractivity contribution in [2.24, 2.45) is 0 Å². The number of thiazole rings is 1. The molecule has 0 spiro atoms. The van der Waals surface area contributed by atoms with Crippen molar-refractivity contribution in [1.82, 2.24) is 20.2 Å². The molecule has 0 unspecified atom stereocenters. The molecule has 1 aromatic carbocycles. The highest BCUT2D eigenvalue weighted by atomic mass is 32.1. The number of amides is 1. The molecule has 0 saturated carbocycles. The average molecular weight is 478 g/mol. The van der Waals surface area contributed by atoms with Crippen LogP contribution in [0.15, 0.2) is 34.2 Å². The Hall–Kier alpha value is -3.40. The van der Waals surface area contributed by atoms with Gasteiger partial charge < -0.3 is 19.5 Å². The summed E-state index contributed by atoms with van der Waals surface area (Å²) in [6, 6.07) is 6.49. The first kappa shape index (κ1) is 21.2. The summed E-state index contributed by atoms with van der Waals surface area (Å²) in [7, 11) is 0. The number of H-pyrrole nitrogens is 1. The molecule has 2 aliphatic rings. The summed E-state index contributed by atoms with van der Waals surface area (Å²) in [4.78, 5) is 27.0. The van der Waals surface area contributed by atoms with Gasteiger partial charge in [-0.3, -0.25) is 9.89 Å². The maximum Gasteiger partial charge on any atom is 0.298 e. The summed E-state index contributed by atoms with van der Waals surface area (Å²) in [6.45, 7) is 3.87. The van der Waals surface area contributed by atoms with Crippen LogP contribution in [0.25, 0.3) is 21.8 Å². The highest BCUT2D eigenvalue weighted by molar-refractivity contribution is 7.13. The lowest BCUT2D eigenvalue weighted by Gasteiger charge is -2.30. The average Bonchev–Trinajstić information content (AvgIpc) is 3.65. The molecule has 34 heavy (non-hydrogen) atoms. The van der Waals surface area contributed by atoms with Crippen LogP contribution in [0.2, 0.25) is 0 Å². The van der Waals surface area contributed by atoms with Crippen molar-refractivity contribution in [1.29, 1.82) is 0 Å². The zero-order valence-corrected chi connectivity index (χ0v) is 19.7. The van der Waals surface area contributed by atoms with Crippen molar-refractivity contribution in [3.8, 4) is 10.7 Å². The summed E-state index contributed by atoms with van der Waals surface area (Å²) in [6.07, 6.45) is 8.83. The molecule has 0 aliphatic carbocycles. The number of nitrogens with zero attached hydrogens (tertiary/aromatic N) is 5. The number of hydrogen-bond donors (Lipinski definition) is 2. The molecule has 4 aromatic rings. The maximum atomic E-state index is 13.2. The Labute approximate surface area is 201 Å². The first-order chi connectivity index (χ1) is 16.7. The van der Waals surface area contributed by atoms with Gasteiger partial charge in [0, 0.05) is 43.8 Å². The Morgan fingerprint density at radius 2 is 1.76 bits per heavy atom. The molecular weight excluding hydrogens is 450 g/mol. The van der Waals surface area contributed by atoms with E-state index < -0.39 is 0 Å². The number of nitrogens with one attached hydrogen (secondary N) is 2. The van der Waals surface area contributed by atoms with Gasteiger partial charge in [0.2, 0.25) is 0 Å². The quantitative estimate of drug-likeness (QED) is 0.421. The smallest absolute Gasteiger partial charge is 0.298 e. The van der Waals surface area contributed by atoms with Crippen molar-refractivity contribution in [3.05, 3.63) is 35.5 Å². The number of oxazole rings is 1. The van der Waals surface area contributed by atoms with Crippen LogP contribution in [-0.4, -0.2) is 52.3 Å². The van der Waals surface area contributed by atoms with Crippen LogP contribution >= 0.6 is 11.3 Å². The number of anilines is 3. The Bertz CT molecular complexity index is 1280. The molecule has 9 nitrogen and oxygen atoms in total. The molecule has 10 heteroatoms. The molecule has 2 aliphatic heterocycles. The van der Waals surface area contributed by atoms with Crippen LogP contribution < -0.4 is 15.1 Å². The molecule has 176 valence electrons. The monoisotopic (exact) mass is 477 g/mol. The molecule has 3 aromatic heterocycles. The molecule has 2 saturated heterocycles. The lowest BCUT2D eigenvalue weighted by atomic mass is 10.1. The van der Waals surface area contributed by atoms with E-state index in [4.69, 9.17) is 9.40 Å². The van der Waals surface area contributed by atoms with E-state index in [-0.39, 0.29) is 5.91 Å². The lowest BCUT2D eigenvalue weighted by Crippen LogP contribution is -2.30. The first-order valence-electron chi connectivity index (χ1n) is 12.0. The number of piperidine rings is 2. The molecule has 0 bridgehead atoms. The predicted molar refractivity (Wildman–Crippen MR) is 134 cm³/mol. The highest BCUT2D eigenvalue weighted by Gasteiger charge is 2.23. The van der Waals surface area contributed by atoms with Crippen molar-refractivity contribution >= 4 is 45.7 Å². The van der Waals surface area contributed by atoms with Gasteiger partial charge in [0.1, 0.15) is 21.9 Å². The van der Waals surface area contributed by atoms with Gasteiger partial charge in [0.25, 0.3) is 11.9 Å². The summed E-state index contributed by atoms with van der Waals surface area (Å²) in [5.74, 6) is -0.244. The Morgan fingerprint density at radius 3 is 2.50 bits per heavy atom. The number of rotatable bonds is 5. The van der Waals surface area contributed by atoms with Crippen LogP contribution in [0.1, 0.15) is 49.0 Å². The van der Waals surface area contributed by atoms with E-state index in [1.807, 2.05) is 12.1 Å². The lowest BCUT2D eigenvalue weighted by molar-refractivity contribution is 0.102. The largest absolute Gasteiger partial charge is 0.423 e. The van der Waals surface area contributed by atoms with E-state index in [0.29, 0.717) is 22.3 Å². The molecule has 6 rings (SSSR count). The van der Waals surface area contributed by atoms with Crippen molar-refractivity contribution < 1.29 is 9.21 Å². The van der Waals surface area contributed by atoms with Crippen LogP contribution in [0.3, 0.4) is 0 Å². The predicted octanol–water partition coefficient (Wildman–Crippen LogP) is 4.91. The molecule has 2 fully saturated rings. The van der Waals surface area contributed by atoms with Crippen LogP contribution in [0.5, 0.6) is 0 Å². The highest BCUT2D eigenvalue weighted by Crippen LogP contribution is 2.36. The van der Waals surface area contributed by atoms with Crippen molar-refractivity contribution in [3.63, 3.8) is 0 Å². The molecule has 5 heterocycles. The molecule has 0 atom stereocenters. The minimum Gasteiger partial charge on any atom is -0.423 e. The molecule has 2 N–H and O–H groups in total. The number of aromatic nitrogens is 4. The van der Waals surface area contributed by atoms with Crippen LogP contribution in [0, 0.1) is 0 Å². The number of benzene rings is 1. The SMILES string of the molecule is O=C(Nc1cc2oc(N3CCCCC3)nc2cc1N1CCCCC1)c1csc(-c2cc[nH]n2)n1. The van der Waals surface area contributed by atoms with Gasteiger partial charge in [0.15, 0.2) is 5.58 Å². The Morgan fingerprint density at radius 1 is 1.00 bits per heavy atom. The summed E-state index contributed by atoms with van der Waals surface area (Å²) in [5.41, 5.74) is 4.34. The molecule has 1 amide bonds. The fourth-order valence-electron chi connectivity index (χ4n) is 4.73. The normalized spacial score (nSPS) is 16.8. The maximum absolute atomic E-state index is 13.2. The number of aromatic amines is 1. The van der Waals surface area contributed by atoms with E-state index in [2.05, 4.69) is 36.4 Å². The number of carbonyl (C=O) groups is 1. The minimum absolute atomic E-state index is 0.244. The van der Waals surface area contributed by atoms with E-state index in [0.717, 1.165) is 74.4 Å². The number of hydrogen-bond acceptors (Lipinski definition) is 8. The van der Waals surface area contributed by atoms with E-state index >= 15 is 0 Å². The van der Waals surface area contributed by atoms with Gasteiger partial charge in [-0.1, -0.05) is 0 Å². The molecular formula is C24H27N7O2S. The Kier molecular flexibility index (Phi) is 5.66. The van der Waals surface area contributed by atoms with Gasteiger partial charge in [0.05, 0.1) is 11.4 Å². The van der Waals surface area contributed by atoms with E-state index in [1.165, 1.54) is 24.2 Å². The third-order valence-electron chi connectivity index (χ3n) is 6.52. The molecule has 0 radical (unpaired) electrons. The second kappa shape index (κ2) is 9.09. The minimum atomic E-state index is -0.244. The summed E-state index contributed by atoms with van der Waals surface area (Å²) in [5, 5.41) is 12.5. The fourth-order valence-corrected chi connectivity index (χ4v) is 5.50. The Balaban J connectivity index is 1.32. The van der Waals surface area contributed by atoms with Crippen molar-refractivity contribution in [2.75, 3.05) is 41.3 Å². The third kappa shape index (κ3) is 4.13. The first-order valence-corrected chi connectivity index (χ1v) is 12.8. The van der Waals surface area contributed by atoms with Gasteiger partial charge in [-0.15, -0.1) is 11.3 Å². The van der Waals surface area contributed by atoms with Gasteiger partial charge >= 0.3 is 0 Å². The van der Waals surface area contributed by atoms with Gasteiger partial charge in [-0.05, 0) is 50.7 Å². The standard InChI is InChI=1S/C24H27N7O2S/c32-22(19-15-34-23(27-19)16-7-8-25-29-16)26-17-14-21-18(13-20(17)30-9-3-1-4-10-30)28-24(33-21)31-11-5-2-6-12-31/h7-8,13-15H,1-6,9-12H2,(H,25,29)(H,26,32). The fraction of sp³-hybridized carbons (Fsp3) is 0.417. The zero-order valence-electron chi connectivity index (χ0n) is 18.9. The summed E-state index contributed by atoms with van der Waals surface area (Å²) >= 11 is 1.40. The second-order valence-corrected chi connectivity index (χ2v) is 9.74. The van der Waals surface area contributed by atoms with Gasteiger partial charge in [-0.25, -0.2) is 4.98 Å². The second-order valence-electron chi connectivity index (χ2n) is 8.88. The summed E-state index contributed by atoms with van der Waals surface area (Å²) < 4.78 is 6.15. The van der Waals surface area contributed by atoms with Crippen LogP contribution in [0.4, 0.5) is 17.4 Å². The van der Waals surface area contributed by atoms with Crippen LogP contribution in [-0.2, 0) is 0 Å². The van der Waals surface area contributed by atoms with Crippen molar-refractivity contribution in [2.45, 2.75) is 38.5 Å². The number of fused-ring (bicyclic) bond motifs is 1. The van der Waals surface area contributed by atoms with E-state index in [9.17, 15) is 4.79 Å². The van der Waals surface area contributed by atoms with E-state index in [1.54, 1.807) is 11.6 Å². The number of carbonyl (C=O) groups excluding carboxylic acids is 1. The topological polar surface area (TPSA) is 103 Å². The van der Waals surface area contributed by atoms with Gasteiger partial charge in [-0.2, -0.15) is 10.1 Å².